The van der Waals surface area contributed by atoms with Crippen molar-refractivity contribution >= 4 is 49.1 Å². The Morgan fingerprint density at radius 1 is 1.11 bits per heavy atom. The van der Waals surface area contributed by atoms with Crippen LogP contribution in [0.2, 0.25) is 5.02 Å². The molecule has 0 saturated carbocycles. The number of benzene rings is 2. The predicted molar refractivity (Wildman–Crippen MR) is 82.3 cm³/mol. The van der Waals surface area contributed by atoms with Crippen molar-refractivity contribution in [2.75, 3.05) is 5.32 Å². The molecule has 0 bridgehead atoms. The number of phenols is 1. The van der Waals surface area contributed by atoms with Gasteiger partial charge in [-0.3, -0.25) is 0 Å². The van der Waals surface area contributed by atoms with Gasteiger partial charge in [0.15, 0.2) is 0 Å². The quantitative estimate of drug-likeness (QED) is 0.755. The molecule has 94 valence electrons. The van der Waals surface area contributed by atoms with Crippen molar-refractivity contribution in [2.24, 2.45) is 0 Å². The molecule has 0 aromatic heterocycles. The van der Waals surface area contributed by atoms with E-state index in [4.69, 9.17) is 11.6 Å². The fourth-order valence-corrected chi connectivity index (χ4v) is 2.44. The minimum absolute atomic E-state index is 0.101. The third-order valence-corrected chi connectivity index (χ3v) is 3.91. The zero-order chi connectivity index (χ0) is 13.1. The Balaban J connectivity index is 2.11. The highest BCUT2D eigenvalue weighted by atomic mass is 79.9. The second-order valence-electron chi connectivity index (χ2n) is 3.76. The van der Waals surface area contributed by atoms with Crippen molar-refractivity contribution in [2.45, 2.75) is 6.54 Å². The molecule has 5 heteroatoms. The Labute approximate surface area is 127 Å². The smallest absolute Gasteiger partial charge is 0.134 e. The molecule has 2 nitrogen and oxygen atoms in total. The minimum Gasteiger partial charge on any atom is -0.506 e. The zero-order valence-corrected chi connectivity index (χ0v) is 13.2. The van der Waals surface area contributed by atoms with Gasteiger partial charge in [0.05, 0.1) is 5.02 Å². The van der Waals surface area contributed by atoms with Crippen LogP contribution < -0.4 is 5.32 Å². The van der Waals surface area contributed by atoms with E-state index in [-0.39, 0.29) is 5.75 Å². The number of nitrogens with one attached hydrogen (secondary N) is 1. The van der Waals surface area contributed by atoms with Crippen LogP contribution in [-0.4, -0.2) is 5.11 Å². The summed E-state index contributed by atoms with van der Waals surface area (Å²) in [4.78, 5) is 0. The Morgan fingerprint density at radius 2 is 1.89 bits per heavy atom. The van der Waals surface area contributed by atoms with Crippen molar-refractivity contribution in [1.82, 2.24) is 0 Å². The molecule has 2 N–H and O–H groups in total. The first-order valence-electron chi connectivity index (χ1n) is 5.22. The van der Waals surface area contributed by atoms with Crippen LogP contribution in [0.5, 0.6) is 5.75 Å². The molecule has 0 spiro atoms. The number of phenolic OH excluding ortho intramolecular Hbond substituents is 1. The molecule has 2 aromatic carbocycles. The van der Waals surface area contributed by atoms with Gasteiger partial charge in [-0.15, -0.1) is 0 Å². The molecule has 0 fully saturated rings. The van der Waals surface area contributed by atoms with Gasteiger partial charge in [-0.05, 0) is 51.8 Å². The largest absolute Gasteiger partial charge is 0.506 e. The Kier molecular flexibility index (Phi) is 4.54. The lowest BCUT2D eigenvalue weighted by molar-refractivity contribution is 0.475. The van der Waals surface area contributed by atoms with Gasteiger partial charge in [-0.2, -0.15) is 0 Å². The number of halogens is 3. The van der Waals surface area contributed by atoms with Crippen LogP contribution in [0.1, 0.15) is 5.56 Å². The first-order chi connectivity index (χ1) is 8.56. The maximum Gasteiger partial charge on any atom is 0.134 e. The SMILES string of the molecule is Oc1ccc(CNc2cc(Br)ccc2Br)cc1Cl. The van der Waals surface area contributed by atoms with E-state index in [1.165, 1.54) is 0 Å². The minimum atomic E-state index is 0.101. The Morgan fingerprint density at radius 3 is 2.61 bits per heavy atom. The molecule has 0 aliphatic rings. The number of hydrogen-bond donors (Lipinski definition) is 2. The summed E-state index contributed by atoms with van der Waals surface area (Å²) in [5.74, 6) is 0.101. The van der Waals surface area contributed by atoms with Crippen LogP contribution in [0, 0.1) is 0 Å². The number of hydrogen-bond acceptors (Lipinski definition) is 2. The topological polar surface area (TPSA) is 32.3 Å². The first-order valence-corrected chi connectivity index (χ1v) is 7.19. The molecule has 0 aliphatic carbocycles. The summed E-state index contributed by atoms with van der Waals surface area (Å²) < 4.78 is 2.01. The van der Waals surface area contributed by atoms with E-state index in [1.54, 1.807) is 12.1 Å². The van der Waals surface area contributed by atoms with Crippen molar-refractivity contribution < 1.29 is 5.11 Å². The van der Waals surface area contributed by atoms with Crippen molar-refractivity contribution in [3.05, 3.63) is 55.9 Å². The maximum atomic E-state index is 9.34. The Bertz CT molecular complexity index is 575. The monoisotopic (exact) mass is 389 g/mol. The van der Waals surface area contributed by atoms with E-state index in [0.29, 0.717) is 11.6 Å². The Hall–Kier alpha value is -0.710. The maximum absolute atomic E-state index is 9.34. The van der Waals surface area contributed by atoms with E-state index in [9.17, 15) is 5.11 Å². The standard InChI is InChI=1S/C13H10Br2ClNO/c14-9-2-3-10(15)12(6-9)17-7-8-1-4-13(18)11(16)5-8/h1-6,17-18H,7H2. The third kappa shape index (κ3) is 3.40. The summed E-state index contributed by atoms with van der Waals surface area (Å²) in [5, 5.41) is 13.0. The lowest BCUT2D eigenvalue weighted by Gasteiger charge is -2.09. The van der Waals surface area contributed by atoms with Gasteiger partial charge in [0.25, 0.3) is 0 Å². The van der Waals surface area contributed by atoms with Gasteiger partial charge in [0.2, 0.25) is 0 Å². The molecular formula is C13H10Br2ClNO. The fourth-order valence-electron chi connectivity index (χ4n) is 1.49. The summed E-state index contributed by atoms with van der Waals surface area (Å²) in [6, 6.07) is 11.1. The summed E-state index contributed by atoms with van der Waals surface area (Å²) in [7, 11) is 0. The van der Waals surface area contributed by atoms with Crippen molar-refractivity contribution in [3.63, 3.8) is 0 Å². The lowest BCUT2D eigenvalue weighted by Crippen LogP contribution is -2.00. The molecule has 2 rings (SSSR count). The number of anilines is 1. The highest BCUT2D eigenvalue weighted by Gasteiger charge is 2.03. The summed E-state index contributed by atoms with van der Waals surface area (Å²) >= 11 is 12.8. The van der Waals surface area contributed by atoms with Crippen LogP contribution in [0.4, 0.5) is 5.69 Å². The molecule has 2 aromatic rings. The average molecular weight is 391 g/mol. The van der Waals surface area contributed by atoms with Gasteiger partial charge in [-0.25, -0.2) is 0 Å². The summed E-state index contributed by atoms with van der Waals surface area (Å²) in [5.41, 5.74) is 2.00. The van der Waals surface area contributed by atoms with Gasteiger partial charge in [-0.1, -0.05) is 33.6 Å². The highest BCUT2D eigenvalue weighted by Crippen LogP contribution is 2.28. The van der Waals surface area contributed by atoms with Crippen LogP contribution in [0.25, 0.3) is 0 Å². The predicted octanol–water partition coefficient (Wildman–Crippen LogP) is 5.18. The molecule has 18 heavy (non-hydrogen) atoms. The molecular weight excluding hydrogens is 381 g/mol. The average Bonchev–Trinajstić information content (AvgIpc) is 2.34. The normalized spacial score (nSPS) is 10.4. The number of rotatable bonds is 3. The first kappa shape index (κ1) is 13.7. The molecule has 0 atom stereocenters. The summed E-state index contributed by atoms with van der Waals surface area (Å²) in [6.07, 6.45) is 0. The van der Waals surface area contributed by atoms with E-state index in [2.05, 4.69) is 37.2 Å². The van der Waals surface area contributed by atoms with E-state index in [1.807, 2.05) is 24.3 Å². The van der Waals surface area contributed by atoms with Gasteiger partial charge in [0, 0.05) is 21.2 Å². The molecule has 0 unspecified atom stereocenters. The van der Waals surface area contributed by atoms with Gasteiger partial charge in [0.1, 0.15) is 5.75 Å². The second-order valence-corrected chi connectivity index (χ2v) is 5.94. The third-order valence-electron chi connectivity index (χ3n) is 2.42. The fraction of sp³-hybridized carbons (Fsp3) is 0.0769. The van der Waals surface area contributed by atoms with Crippen LogP contribution in [0.15, 0.2) is 45.3 Å². The highest BCUT2D eigenvalue weighted by molar-refractivity contribution is 9.11. The van der Waals surface area contributed by atoms with E-state index >= 15 is 0 Å². The molecule has 0 aliphatic heterocycles. The zero-order valence-electron chi connectivity index (χ0n) is 9.25. The molecule has 0 saturated heterocycles. The van der Waals surface area contributed by atoms with Crippen molar-refractivity contribution in [1.29, 1.82) is 0 Å². The number of aromatic hydroxyl groups is 1. The second kappa shape index (κ2) is 5.95. The lowest BCUT2D eigenvalue weighted by atomic mass is 10.2. The summed E-state index contributed by atoms with van der Waals surface area (Å²) in [6.45, 7) is 0.634. The molecule has 0 amide bonds. The molecule has 0 radical (unpaired) electrons. The molecule has 0 heterocycles. The van der Waals surface area contributed by atoms with Crippen LogP contribution in [-0.2, 0) is 6.54 Å². The van der Waals surface area contributed by atoms with Gasteiger partial charge < -0.3 is 10.4 Å². The van der Waals surface area contributed by atoms with Crippen molar-refractivity contribution in [3.8, 4) is 5.75 Å². The van der Waals surface area contributed by atoms with Gasteiger partial charge >= 0.3 is 0 Å². The van der Waals surface area contributed by atoms with E-state index < -0.39 is 0 Å². The van der Waals surface area contributed by atoms with E-state index in [0.717, 1.165) is 20.2 Å². The van der Waals surface area contributed by atoms with Crippen LogP contribution in [0.3, 0.4) is 0 Å². The van der Waals surface area contributed by atoms with Crippen LogP contribution >= 0.6 is 43.5 Å².